The van der Waals surface area contributed by atoms with Gasteiger partial charge in [-0.25, -0.2) is 4.98 Å². The fourth-order valence-electron chi connectivity index (χ4n) is 1.78. The minimum Gasteiger partial charge on any atom is -0.330 e. The van der Waals surface area contributed by atoms with E-state index in [4.69, 9.17) is 11.5 Å². The molecule has 5 heteroatoms. The van der Waals surface area contributed by atoms with Gasteiger partial charge in [-0.15, -0.1) is 11.3 Å². The van der Waals surface area contributed by atoms with Crippen LogP contribution in [0.1, 0.15) is 29.1 Å². The number of ketones is 1. The van der Waals surface area contributed by atoms with Crippen molar-refractivity contribution in [3.8, 4) is 0 Å². The molecule has 96 valence electrons. The van der Waals surface area contributed by atoms with Gasteiger partial charge in [0.2, 0.25) is 5.78 Å². The lowest BCUT2D eigenvalue weighted by Gasteiger charge is -2.07. The summed E-state index contributed by atoms with van der Waals surface area (Å²) < 4.78 is 1.02. The second-order valence-electron chi connectivity index (χ2n) is 4.24. The highest BCUT2D eigenvalue weighted by molar-refractivity contribution is 7.20. The molecule has 0 fully saturated rings. The Balaban J connectivity index is 2.08. The van der Waals surface area contributed by atoms with E-state index in [0.29, 0.717) is 18.0 Å². The average molecular weight is 263 g/mol. The van der Waals surface area contributed by atoms with Gasteiger partial charge in [0.15, 0.2) is 5.01 Å². The summed E-state index contributed by atoms with van der Waals surface area (Å²) in [6.45, 7) is 0.641. The number of nitrogens with zero attached hydrogens (tertiary/aromatic N) is 1. The maximum Gasteiger partial charge on any atom is 0.208 e. The monoisotopic (exact) mass is 263 g/mol. The topological polar surface area (TPSA) is 82.0 Å². The zero-order valence-electron chi connectivity index (χ0n) is 10.1. The molecule has 0 spiro atoms. The Hall–Kier alpha value is -1.30. The maximum atomic E-state index is 12.1. The van der Waals surface area contributed by atoms with Crippen LogP contribution in [0, 0.1) is 0 Å². The van der Waals surface area contributed by atoms with Gasteiger partial charge in [-0.2, -0.15) is 0 Å². The lowest BCUT2D eigenvalue weighted by atomic mass is 10.1. The van der Waals surface area contributed by atoms with E-state index in [1.54, 1.807) is 0 Å². The van der Waals surface area contributed by atoms with Crippen molar-refractivity contribution in [1.82, 2.24) is 4.98 Å². The van der Waals surface area contributed by atoms with Crippen LogP contribution in [0.25, 0.3) is 10.2 Å². The number of hydrogen-bond donors (Lipinski definition) is 2. The number of carbonyl (C=O) groups is 1. The van der Waals surface area contributed by atoms with E-state index in [9.17, 15) is 4.79 Å². The van der Waals surface area contributed by atoms with Crippen LogP contribution in [-0.2, 0) is 0 Å². The summed E-state index contributed by atoms with van der Waals surface area (Å²) in [4.78, 5) is 16.4. The number of Topliss-reactive ketones (excluding diaryl/α,β-unsaturated/α-hetero) is 1. The highest BCUT2D eigenvalue weighted by Gasteiger charge is 2.19. The van der Waals surface area contributed by atoms with Gasteiger partial charge in [-0.05, 0) is 31.5 Å². The molecule has 0 aliphatic heterocycles. The molecule has 1 heterocycles. The molecular formula is C13H17N3OS. The Bertz CT molecular complexity index is 505. The molecule has 0 amide bonds. The number of unbranched alkanes of at least 4 members (excludes halogenated alkanes) is 1. The molecule has 4 N–H and O–H groups in total. The second-order valence-corrected chi connectivity index (χ2v) is 5.27. The van der Waals surface area contributed by atoms with Crippen molar-refractivity contribution in [2.75, 3.05) is 6.54 Å². The minimum absolute atomic E-state index is 0.0618. The third-order valence-electron chi connectivity index (χ3n) is 2.81. The Morgan fingerprint density at radius 2 is 2.11 bits per heavy atom. The lowest BCUT2D eigenvalue weighted by Crippen LogP contribution is -2.30. The molecule has 0 aliphatic rings. The van der Waals surface area contributed by atoms with Crippen LogP contribution in [0.15, 0.2) is 24.3 Å². The normalized spacial score (nSPS) is 12.8. The molecule has 4 nitrogen and oxygen atoms in total. The summed E-state index contributed by atoms with van der Waals surface area (Å²) in [7, 11) is 0. The van der Waals surface area contributed by atoms with E-state index >= 15 is 0 Å². The number of benzene rings is 1. The number of nitrogens with two attached hydrogens (primary N) is 2. The first-order valence-corrected chi connectivity index (χ1v) is 6.89. The first-order chi connectivity index (χ1) is 8.72. The minimum atomic E-state index is -0.461. The molecule has 1 unspecified atom stereocenters. The third-order valence-corrected chi connectivity index (χ3v) is 3.86. The number of rotatable bonds is 6. The number of para-hydroxylation sites is 1. The van der Waals surface area contributed by atoms with Crippen molar-refractivity contribution in [1.29, 1.82) is 0 Å². The van der Waals surface area contributed by atoms with Crippen LogP contribution in [0.5, 0.6) is 0 Å². The average Bonchev–Trinajstić information content (AvgIpc) is 2.81. The predicted molar refractivity (Wildman–Crippen MR) is 74.8 cm³/mol. The van der Waals surface area contributed by atoms with Crippen LogP contribution in [0.2, 0.25) is 0 Å². The predicted octanol–water partition coefficient (Wildman–Crippen LogP) is 1.94. The molecule has 2 rings (SSSR count). The summed E-state index contributed by atoms with van der Waals surface area (Å²) in [6, 6.07) is 7.26. The number of aromatic nitrogens is 1. The van der Waals surface area contributed by atoms with Crippen LogP contribution in [-0.4, -0.2) is 23.4 Å². The maximum absolute atomic E-state index is 12.1. The number of fused-ring (bicyclic) bond motifs is 1. The summed E-state index contributed by atoms with van der Waals surface area (Å²) in [5.74, 6) is -0.0618. The van der Waals surface area contributed by atoms with Gasteiger partial charge in [0.05, 0.1) is 16.3 Å². The zero-order valence-corrected chi connectivity index (χ0v) is 11.0. The van der Waals surface area contributed by atoms with Crippen molar-refractivity contribution in [3.05, 3.63) is 29.3 Å². The van der Waals surface area contributed by atoms with E-state index in [1.165, 1.54) is 11.3 Å². The molecule has 0 bridgehead atoms. The molecule has 1 aromatic carbocycles. The van der Waals surface area contributed by atoms with Crippen molar-refractivity contribution in [3.63, 3.8) is 0 Å². The van der Waals surface area contributed by atoms with E-state index in [0.717, 1.165) is 23.1 Å². The van der Waals surface area contributed by atoms with Gasteiger partial charge in [-0.1, -0.05) is 18.6 Å². The van der Waals surface area contributed by atoms with Gasteiger partial charge in [0, 0.05) is 0 Å². The van der Waals surface area contributed by atoms with Gasteiger partial charge in [0.25, 0.3) is 0 Å². The number of hydrogen-bond acceptors (Lipinski definition) is 5. The van der Waals surface area contributed by atoms with Gasteiger partial charge in [0.1, 0.15) is 0 Å². The Labute approximate surface area is 110 Å². The molecule has 18 heavy (non-hydrogen) atoms. The van der Waals surface area contributed by atoms with Crippen molar-refractivity contribution < 1.29 is 4.79 Å². The van der Waals surface area contributed by atoms with Crippen molar-refractivity contribution >= 4 is 27.3 Å². The van der Waals surface area contributed by atoms with Crippen LogP contribution in [0.4, 0.5) is 0 Å². The van der Waals surface area contributed by atoms with E-state index in [-0.39, 0.29) is 5.78 Å². The summed E-state index contributed by atoms with van der Waals surface area (Å²) in [5, 5.41) is 0.511. The number of thiazole rings is 1. The molecule has 0 saturated carbocycles. The fraction of sp³-hybridized carbons (Fsp3) is 0.385. The molecule has 1 atom stereocenters. The standard InChI is InChI=1S/C13H17N3OS/c14-8-4-3-5-9(15)12(17)13-16-10-6-1-2-7-11(10)18-13/h1-2,6-7,9H,3-5,8,14-15H2. The van der Waals surface area contributed by atoms with Gasteiger partial charge >= 0.3 is 0 Å². The van der Waals surface area contributed by atoms with Gasteiger partial charge < -0.3 is 11.5 Å². The van der Waals surface area contributed by atoms with Crippen LogP contribution < -0.4 is 11.5 Å². The van der Waals surface area contributed by atoms with Crippen molar-refractivity contribution in [2.45, 2.75) is 25.3 Å². The first-order valence-electron chi connectivity index (χ1n) is 6.08. The Morgan fingerprint density at radius 1 is 1.33 bits per heavy atom. The zero-order chi connectivity index (χ0) is 13.0. The third kappa shape index (κ3) is 2.93. The molecule has 2 aromatic rings. The van der Waals surface area contributed by atoms with E-state index < -0.39 is 6.04 Å². The molecule has 0 saturated heterocycles. The van der Waals surface area contributed by atoms with Crippen molar-refractivity contribution in [2.24, 2.45) is 11.5 Å². The second kappa shape index (κ2) is 6.04. The van der Waals surface area contributed by atoms with Crippen LogP contribution >= 0.6 is 11.3 Å². The Kier molecular flexibility index (Phi) is 4.41. The Morgan fingerprint density at radius 3 is 2.83 bits per heavy atom. The lowest BCUT2D eigenvalue weighted by molar-refractivity contribution is 0.0956. The summed E-state index contributed by atoms with van der Waals surface area (Å²) in [5.41, 5.74) is 12.2. The highest BCUT2D eigenvalue weighted by atomic mass is 32.1. The molecule has 1 aromatic heterocycles. The largest absolute Gasteiger partial charge is 0.330 e. The highest BCUT2D eigenvalue weighted by Crippen LogP contribution is 2.22. The van der Waals surface area contributed by atoms with Gasteiger partial charge in [-0.3, -0.25) is 4.79 Å². The molecular weight excluding hydrogens is 246 g/mol. The SMILES string of the molecule is NCCCCC(N)C(=O)c1nc2ccccc2s1. The first kappa shape index (κ1) is 13.1. The number of carbonyl (C=O) groups excluding carboxylic acids is 1. The summed E-state index contributed by atoms with van der Waals surface area (Å²) in [6.07, 6.45) is 2.46. The van der Waals surface area contributed by atoms with E-state index in [2.05, 4.69) is 4.98 Å². The summed E-state index contributed by atoms with van der Waals surface area (Å²) >= 11 is 1.41. The molecule has 0 radical (unpaired) electrons. The quantitative estimate of drug-likeness (QED) is 0.616. The van der Waals surface area contributed by atoms with E-state index in [1.807, 2.05) is 24.3 Å². The smallest absolute Gasteiger partial charge is 0.208 e. The van der Waals surface area contributed by atoms with Crippen LogP contribution in [0.3, 0.4) is 0 Å². The molecule has 0 aliphatic carbocycles. The fourth-order valence-corrected chi connectivity index (χ4v) is 2.75.